The normalized spacial score (nSPS) is 10.7. The molecule has 0 aliphatic carbocycles. The van der Waals surface area contributed by atoms with Gasteiger partial charge in [0, 0.05) is 19.4 Å². The average Bonchev–Trinajstić information content (AvgIpc) is 3.20. The predicted octanol–water partition coefficient (Wildman–Crippen LogP) is 0.915. The van der Waals surface area contributed by atoms with Crippen LogP contribution in [0, 0.1) is 0 Å². The van der Waals surface area contributed by atoms with Crippen molar-refractivity contribution in [3.05, 3.63) is 54.3 Å². The van der Waals surface area contributed by atoms with E-state index < -0.39 is 0 Å². The van der Waals surface area contributed by atoms with Gasteiger partial charge in [0.2, 0.25) is 0 Å². The lowest BCUT2D eigenvalue weighted by Gasteiger charge is -2.13. The van der Waals surface area contributed by atoms with Crippen LogP contribution in [0.15, 0.2) is 41.3 Å². The van der Waals surface area contributed by atoms with Crippen molar-refractivity contribution in [2.24, 2.45) is 0 Å². The van der Waals surface area contributed by atoms with Crippen LogP contribution in [0.2, 0.25) is 0 Å². The van der Waals surface area contributed by atoms with Crippen LogP contribution in [-0.4, -0.2) is 42.8 Å². The number of carbonyl (C=O) groups is 1. The molecule has 108 valence electrons. The first-order valence-corrected chi connectivity index (χ1v) is 6.38. The summed E-state index contributed by atoms with van der Waals surface area (Å²) < 4.78 is 7.29. The first-order chi connectivity index (χ1) is 10.2. The minimum absolute atomic E-state index is 0.210. The molecule has 0 fully saturated rings. The first kappa shape index (κ1) is 13.1. The van der Waals surface area contributed by atoms with Crippen LogP contribution in [0.5, 0.6) is 0 Å². The van der Waals surface area contributed by atoms with E-state index >= 15 is 0 Å². The van der Waals surface area contributed by atoms with Gasteiger partial charge in [-0.15, -0.1) is 0 Å². The lowest BCUT2D eigenvalue weighted by Crippen LogP contribution is -2.26. The number of hydrogen-bond donors (Lipinski definition) is 1. The molecule has 1 amide bonds. The number of amides is 1. The van der Waals surface area contributed by atoms with Crippen molar-refractivity contribution in [1.82, 2.24) is 29.9 Å². The van der Waals surface area contributed by atoms with Crippen LogP contribution in [0.25, 0.3) is 0 Å². The first-order valence-electron chi connectivity index (χ1n) is 6.38. The molecule has 0 atom stereocenters. The van der Waals surface area contributed by atoms with E-state index in [1.54, 1.807) is 30.1 Å². The largest absolute Gasteiger partial charge is 0.454 e. The van der Waals surface area contributed by atoms with Crippen LogP contribution in [0.3, 0.4) is 0 Å². The number of nitrogens with zero attached hydrogens (tertiary/aromatic N) is 5. The van der Waals surface area contributed by atoms with Crippen molar-refractivity contribution in [2.45, 2.75) is 13.1 Å². The van der Waals surface area contributed by atoms with Gasteiger partial charge in [0.05, 0.1) is 13.1 Å². The van der Waals surface area contributed by atoms with Crippen LogP contribution in [0.4, 0.5) is 0 Å². The highest BCUT2D eigenvalue weighted by atomic mass is 16.4. The van der Waals surface area contributed by atoms with Gasteiger partial charge >= 0.3 is 0 Å². The van der Waals surface area contributed by atoms with Gasteiger partial charge in [0.1, 0.15) is 17.9 Å². The smallest absolute Gasteiger partial charge is 0.289 e. The van der Waals surface area contributed by atoms with Crippen molar-refractivity contribution < 1.29 is 9.21 Å². The Morgan fingerprint density at radius 3 is 3.10 bits per heavy atom. The molecule has 3 rings (SSSR count). The van der Waals surface area contributed by atoms with Gasteiger partial charge in [-0.2, -0.15) is 10.2 Å². The van der Waals surface area contributed by atoms with Crippen molar-refractivity contribution in [3.63, 3.8) is 0 Å². The standard InChI is InChI=1S/C13H14N6O2/c1-18(8-12-14-9-15-17-12)13(20)11-4-3-10(21-11)7-19-6-2-5-16-19/h2-6,9H,7-8H2,1H3,(H,14,15,17). The van der Waals surface area contributed by atoms with Crippen LogP contribution >= 0.6 is 0 Å². The number of rotatable bonds is 5. The number of carbonyl (C=O) groups excluding carboxylic acids is 1. The summed E-state index contributed by atoms with van der Waals surface area (Å²) in [4.78, 5) is 17.7. The Labute approximate surface area is 120 Å². The zero-order valence-electron chi connectivity index (χ0n) is 11.4. The Kier molecular flexibility index (Phi) is 3.50. The van der Waals surface area contributed by atoms with Crippen molar-refractivity contribution in [3.8, 4) is 0 Å². The molecular formula is C13H14N6O2. The van der Waals surface area contributed by atoms with Crippen molar-refractivity contribution >= 4 is 5.91 Å². The van der Waals surface area contributed by atoms with E-state index in [0.717, 1.165) is 0 Å². The molecule has 0 radical (unpaired) electrons. The SMILES string of the molecule is CN(Cc1ncn[nH]1)C(=O)c1ccc(Cn2cccn2)o1. The fourth-order valence-corrected chi connectivity index (χ4v) is 1.92. The third-order valence-electron chi connectivity index (χ3n) is 2.95. The lowest BCUT2D eigenvalue weighted by molar-refractivity contribution is 0.0748. The van der Waals surface area contributed by atoms with Gasteiger partial charge in [0.25, 0.3) is 5.91 Å². The summed E-state index contributed by atoms with van der Waals surface area (Å²) in [7, 11) is 1.68. The molecule has 0 unspecified atom stereocenters. The minimum Gasteiger partial charge on any atom is -0.454 e. The van der Waals surface area contributed by atoms with Gasteiger partial charge < -0.3 is 9.32 Å². The minimum atomic E-state index is -0.210. The van der Waals surface area contributed by atoms with E-state index in [2.05, 4.69) is 20.3 Å². The van der Waals surface area contributed by atoms with E-state index in [1.807, 2.05) is 12.3 Å². The number of aromatic amines is 1. The number of nitrogens with one attached hydrogen (secondary N) is 1. The molecule has 8 heteroatoms. The molecule has 0 aliphatic rings. The molecule has 8 nitrogen and oxygen atoms in total. The number of H-pyrrole nitrogens is 1. The second-order valence-corrected chi connectivity index (χ2v) is 4.56. The zero-order chi connectivity index (χ0) is 14.7. The highest BCUT2D eigenvalue weighted by Gasteiger charge is 2.17. The molecule has 0 bridgehead atoms. The molecule has 21 heavy (non-hydrogen) atoms. The third kappa shape index (κ3) is 2.99. The van der Waals surface area contributed by atoms with Gasteiger partial charge in [0.15, 0.2) is 5.76 Å². The Bertz CT molecular complexity index is 701. The fraction of sp³-hybridized carbons (Fsp3) is 0.231. The summed E-state index contributed by atoms with van der Waals surface area (Å²) in [5.74, 6) is 1.38. The fourth-order valence-electron chi connectivity index (χ4n) is 1.92. The highest BCUT2D eigenvalue weighted by molar-refractivity contribution is 5.91. The summed E-state index contributed by atoms with van der Waals surface area (Å²) >= 11 is 0. The molecule has 3 heterocycles. The van der Waals surface area contributed by atoms with Crippen molar-refractivity contribution in [1.29, 1.82) is 0 Å². The quantitative estimate of drug-likeness (QED) is 0.752. The average molecular weight is 286 g/mol. The topological polar surface area (TPSA) is 92.8 Å². The van der Waals surface area contributed by atoms with E-state index in [1.165, 1.54) is 11.2 Å². The van der Waals surface area contributed by atoms with Crippen molar-refractivity contribution in [2.75, 3.05) is 7.05 Å². The Morgan fingerprint density at radius 2 is 2.38 bits per heavy atom. The predicted molar refractivity (Wildman–Crippen MR) is 72.2 cm³/mol. The molecule has 0 aliphatic heterocycles. The Hall–Kier alpha value is -2.90. The van der Waals surface area contributed by atoms with E-state index in [0.29, 0.717) is 30.4 Å². The maximum Gasteiger partial charge on any atom is 0.289 e. The monoisotopic (exact) mass is 286 g/mol. The summed E-state index contributed by atoms with van der Waals surface area (Å²) in [5.41, 5.74) is 0. The number of furan rings is 1. The van der Waals surface area contributed by atoms with E-state index in [9.17, 15) is 4.79 Å². The molecule has 0 aromatic carbocycles. The van der Waals surface area contributed by atoms with Crippen LogP contribution in [0.1, 0.15) is 22.1 Å². The molecular weight excluding hydrogens is 272 g/mol. The van der Waals surface area contributed by atoms with Gasteiger partial charge in [-0.25, -0.2) is 4.98 Å². The van der Waals surface area contributed by atoms with Gasteiger partial charge in [-0.3, -0.25) is 14.6 Å². The van der Waals surface area contributed by atoms with Crippen LogP contribution in [-0.2, 0) is 13.1 Å². The molecule has 3 aromatic rings. The summed E-state index contributed by atoms with van der Waals surface area (Å²) in [6.45, 7) is 0.833. The van der Waals surface area contributed by atoms with E-state index in [-0.39, 0.29) is 5.91 Å². The second-order valence-electron chi connectivity index (χ2n) is 4.56. The summed E-state index contributed by atoms with van der Waals surface area (Å²) in [6, 6.07) is 5.27. The summed E-state index contributed by atoms with van der Waals surface area (Å²) in [5, 5.41) is 10.6. The Balaban J connectivity index is 1.66. The maximum atomic E-state index is 12.2. The molecule has 0 saturated carbocycles. The zero-order valence-corrected chi connectivity index (χ0v) is 11.4. The molecule has 0 saturated heterocycles. The van der Waals surface area contributed by atoms with Gasteiger partial charge in [-0.05, 0) is 18.2 Å². The Morgan fingerprint density at radius 1 is 1.48 bits per heavy atom. The molecule has 3 aromatic heterocycles. The van der Waals surface area contributed by atoms with Crippen LogP contribution < -0.4 is 0 Å². The maximum absolute atomic E-state index is 12.2. The number of hydrogen-bond acceptors (Lipinski definition) is 5. The lowest BCUT2D eigenvalue weighted by atomic mass is 10.3. The highest BCUT2D eigenvalue weighted by Crippen LogP contribution is 2.12. The molecule has 0 spiro atoms. The summed E-state index contributed by atoms with van der Waals surface area (Å²) in [6.07, 6.45) is 4.93. The third-order valence-corrected chi connectivity index (χ3v) is 2.95. The van der Waals surface area contributed by atoms with Gasteiger partial charge in [-0.1, -0.05) is 0 Å². The number of aromatic nitrogens is 5. The van der Waals surface area contributed by atoms with E-state index in [4.69, 9.17) is 4.42 Å². The molecule has 1 N–H and O–H groups in total. The second kappa shape index (κ2) is 5.61.